The lowest BCUT2D eigenvalue weighted by molar-refractivity contribution is -0.121. The maximum absolute atomic E-state index is 12.0. The van der Waals surface area contributed by atoms with E-state index in [4.69, 9.17) is 0 Å². The topological polar surface area (TPSA) is 64.3 Å². The van der Waals surface area contributed by atoms with Crippen LogP contribution in [0.15, 0.2) is 30.3 Å². The number of rotatable bonds is 6. The first-order valence-corrected chi connectivity index (χ1v) is 8.92. The average Bonchev–Trinajstić information content (AvgIpc) is 3.04. The van der Waals surface area contributed by atoms with Gasteiger partial charge in [-0.05, 0) is 37.6 Å². The summed E-state index contributed by atoms with van der Waals surface area (Å²) in [6.07, 6.45) is 0.536. The molecule has 6 heteroatoms. The molecule has 1 aliphatic rings. The van der Waals surface area contributed by atoms with E-state index in [1.165, 1.54) is 11.3 Å². The minimum Gasteiger partial charge on any atom is -0.369 e. The predicted molar refractivity (Wildman–Crippen MR) is 99.6 cm³/mol. The highest BCUT2D eigenvalue weighted by molar-refractivity contribution is 5.76. The van der Waals surface area contributed by atoms with Crippen LogP contribution in [-0.4, -0.2) is 53.7 Å². The van der Waals surface area contributed by atoms with Gasteiger partial charge in [0.05, 0.1) is 12.2 Å². The lowest BCUT2D eigenvalue weighted by Crippen LogP contribution is -2.47. The molecule has 1 amide bonds. The summed E-state index contributed by atoms with van der Waals surface area (Å²) in [5.74, 6) is 0.0850. The monoisotopic (exact) mass is 341 g/mol. The lowest BCUT2D eigenvalue weighted by atomic mass is 10.2. The first-order valence-electron chi connectivity index (χ1n) is 8.92. The van der Waals surface area contributed by atoms with Gasteiger partial charge in [0.15, 0.2) is 0 Å². The van der Waals surface area contributed by atoms with E-state index < -0.39 is 0 Å². The Morgan fingerprint density at radius 1 is 1.20 bits per heavy atom. The van der Waals surface area contributed by atoms with Gasteiger partial charge in [-0.3, -0.25) is 14.8 Å². The Morgan fingerprint density at radius 2 is 2.00 bits per heavy atom. The number of carbonyl (C=O) groups excluding carboxylic acids is 1. The smallest absolute Gasteiger partial charge is 0.221 e. The number of amides is 1. The third-order valence-corrected chi connectivity index (χ3v) is 4.62. The van der Waals surface area contributed by atoms with E-state index >= 15 is 0 Å². The first-order chi connectivity index (χ1) is 12.1. The Morgan fingerprint density at radius 3 is 2.68 bits per heavy atom. The van der Waals surface area contributed by atoms with E-state index in [9.17, 15) is 4.79 Å². The van der Waals surface area contributed by atoms with Crippen molar-refractivity contribution >= 4 is 11.6 Å². The van der Waals surface area contributed by atoms with Gasteiger partial charge >= 0.3 is 0 Å². The minimum atomic E-state index is 0.0850. The fourth-order valence-corrected chi connectivity index (χ4v) is 3.16. The summed E-state index contributed by atoms with van der Waals surface area (Å²) in [4.78, 5) is 16.8. The largest absolute Gasteiger partial charge is 0.369 e. The third kappa shape index (κ3) is 5.06. The number of anilines is 1. The Labute approximate surface area is 149 Å². The zero-order valence-corrected chi connectivity index (χ0v) is 15.1. The van der Waals surface area contributed by atoms with Crippen LogP contribution in [-0.2, 0) is 11.3 Å². The van der Waals surface area contributed by atoms with Gasteiger partial charge in [0.25, 0.3) is 0 Å². The van der Waals surface area contributed by atoms with E-state index in [0.29, 0.717) is 13.0 Å². The SMILES string of the molecule is Cc1cccc(N2CCN(CCC(=O)NCc3cc(C)[nH]n3)CC2)c1. The molecular formula is C19H27N5O. The van der Waals surface area contributed by atoms with Gasteiger partial charge in [-0.25, -0.2) is 0 Å². The molecule has 1 aromatic carbocycles. The summed E-state index contributed by atoms with van der Waals surface area (Å²) < 4.78 is 0. The van der Waals surface area contributed by atoms with Crippen LogP contribution in [0.25, 0.3) is 0 Å². The molecule has 0 bridgehead atoms. The Balaban J connectivity index is 1.36. The lowest BCUT2D eigenvalue weighted by Gasteiger charge is -2.36. The molecule has 0 aliphatic carbocycles. The summed E-state index contributed by atoms with van der Waals surface area (Å²) in [5.41, 5.74) is 4.48. The van der Waals surface area contributed by atoms with Crippen LogP contribution in [0.1, 0.15) is 23.4 Å². The molecule has 1 aliphatic heterocycles. The van der Waals surface area contributed by atoms with Crippen LogP contribution in [0, 0.1) is 13.8 Å². The van der Waals surface area contributed by atoms with Gasteiger partial charge in [-0.15, -0.1) is 0 Å². The number of nitrogens with one attached hydrogen (secondary N) is 2. The number of aromatic amines is 1. The number of aryl methyl sites for hydroxylation is 2. The molecule has 134 valence electrons. The van der Waals surface area contributed by atoms with Crippen molar-refractivity contribution in [1.29, 1.82) is 0 Å². The predicted octanol–water partition coefficient (Wildman–Crippen LogP) is 1.86. The van der Waals surface area contributed by atoms with Crippen LogP contribution < -0.4 is 10.2 Å². The number of hydrogen-bond donors (Lipinski definition) is 2. The van der Waals surface area contributed by atoms with Crippen molar-refractivity contribution in [3.63, 3.8) is 0 Å². The Hall–Kier alpha value is -2.34. The number of piperazine rings is 1. The molecule has 25 heavy (non-hydrogen) atoms. The highest BCUT2D eigenvalue weighted by Crippen LogP contribution is 2.17. The van der Waals surface area contributed by atoms with E-state index in [-0.39, 0.29) is 5.91 Å². The molecular weight excluding hydrogens is 314 g/mol. The number of carbonyl (C=O) groups is 1. The molecule has 0 atom stereocenters. The second kappa shape index (κ2) is 8.16. The van der Waals surface area contributed by atoms with E-state index in [2.05, 4.69) is 56.5 Å². The van der Waals surface area contributed by atoms with Gasteiger partial charge in [0, 0.05) is 50.5 Å². The van der Waals surface area contributed by atoms with Gasteiger partial charge in [0.1, 0.15) is 0 Å². The number of benzene rings is 1. The van der Waals surface area contributed by atoms with Gasteiger partial charge < -0.3 is 10.2 Å². The van der Waals surface area contributed by atoms with Crippen molar-refractivity contribution in [1.82, 2.24) is 20.4 Å². The van der Waals surface area contributed by atoms with Crippen molar-refractivity contribution in [2.45, 2.75) is 26.8 Å². The van der Waals surface area contributed by atoms with Crippen LogP contribution in [0.4, 0.5) is 5.69 Å². The summed E-state index contributed by atoms with van der Waals surface area (Å²) in [6, 6.07) is 10.6. The van der Waals surface area contributed by atoms with Gasteiger partial charge in [-0.2, -0.15) is 5.10 Å². The standard InChI is InChI=1S/C19H27N5O/c1-15-4-3-5-18(12-15)24-10-8-23(9-11-24)7-6-19(25)20-14-17-13-16(2)21-22-17/h3-5,12-13H,6-11,14H2,1-2H3,(H,20,25)(H,21,22). The molecule has 2 aromatic rings. The summed E-state index contributed by atoms with van der Waals surface area (Å²) in [5, 5.41) is 9.94. The van der Waals surface area contributed by atoms with E-state index in [1.54, 1.807) is 0 Å². The zero-order valence-electron chi connectivity index (χ0n) is 15.1. The third-order valence-electron chi connectivity index (χ3n) is 4.62. The highest BCUT2D eigenvalue weighted by Gasteiger charge is 2.17. The molecule has 1 fully saturated rings. The van der Waals surface area contributed by atoms with E-state index in [0.717, 1.165) is 44.1 Å². The van der Waals surface area contributed by atoms with Gasteiger partial charge in [-0.1, -0.05) is 12.1 Å². The van der Waals surface area contributed by atoms with Crippen LogP contribution in [0.2, 0.25) is 0 Å². The second-order valence-electron chi connectivity index (χ2n) is 6.74. The van der Waals surface area contributed by atoms with Crippen molar-refractivity contribution in [2.75, 3.05) is 37.6 Å². The van der Waals surface area contributed by atoms with Crippen molar-refractivity contribution < 1.29 is 4.79 Å². The molecule has 0 saturated carbocycles. The Bertz CT molecular complexity index is 703. The van der Waals surface area contributed by atoms with Crippen molar-refractivity contribution in [3.05, 3.63) is 47.3 Å². The summed E-state index contributed by atoms with van der Waals surface area (Å²) >= 11 is 0. The van der Waals surface area contributed by atoms with Crippen LogP contribution >= 0.6 is 0 Å². The maximum atomic E-state index is 12.0. The molecule has 2 heterocycles. The van der Waals surface area contributed by atoms with Crippen molar-refractivity contribution in [3.8, 4) is 0 Å². The second-order valence-corrected chi connectivity index (χ2v) is 6.74. The van der Waals surface area contributed by atoms with Crippen LogP contribution in [0.3, 0.4) is 0 Å². The molecule has 0 unspecified atom stereocenters. The summed E-state index contributed by atoms with van der Waals surface area (Å²) in [6.45, 7) is 9.41. The molecule has 1 aromatic heterocycles. The maximum Gasteiger partial charge on any atom is 0.221 e. The van der Waals surface area contributed by atoms with Gasteiger partial charge in [0.2, 0.25) is 5.91 Å². The molecule has 2 N–H and O–H groups in total. The molecule has 3 rings (SSSR count). The number of nitrogens with zero attached hydrogens (tertiary/aromatic N) is 3. The zero-order chi connectivity index (χ0) is 17.6. The van der Waals surface area contributed by atoms with E-state index in [1.807, 2.05) is 13.0 Å². The van der Waals surface area contributed by atoms with Crippen LogP contribution in [0.5, 0.6) is 0 Å². The normalized spacial score (nSPS) is 15.4. The highest BCUT2D eigenvalue weighted by atomic mass is 16.1. The molecule has 6 nitrogen and oxygen atoms in total. The number of hydrogen-bond acceptors (Lipinski definition) is 4. The quantitative estimate of drug-likeness (QED) is 0.842. The van der Waals surface area contributed by atoms with Crippen molar-refractivity contribution in [2.24, 2.45) is 0 Å². The number of H-pyrrole nitrogens is 1. The fraction of sp³-hybridized carbons (Fsp3) is 0.474. The molecule has 0 radical (unpaired) electrons. The molecule has 1 saturated heterocycles. The minimum absolute atomic E-state index is 0.0850. The molecule has 0 spiro atoms. The summed E-state index contributed by atoms with van der Waals surface area (Å²) in [7, 11) is 0. The fourth-order valence-electron chi connectivity index (χ4n) is 3.16. The number of aromatic nitrogens is 2. The Kier molecular flexibility index (Phi) is 5.71. The average molecular weight is 341 g/mol. The first kappa shape index (κ1) is 17.5.